The number of benzene rings is 1. The molecule has 2 rings (SSSR count). The largest absolute Gasteiger partial charge is 0.391 e. The number of carbonyl (C=O) groups is 1. The molecule has 2 aromatic rings. The number of amides is 1. The number of nitrogens with one attached hydrogen (secondary N) is 1. The maximum Gasteiger partial charge on any atom is 0.273 e. The van der Waals surface area contributed by atoms with Crippen molar-refractivity contribution >= 4 is 5.91 Å². The van der Waals surface area contributed by atoms with Crippen LogP contribution in [0.2, 0.25) is 0 Å². The third-order valence-corrected chi connectivity index (χ3v) is 3.93. The molecule has 0 radical (unpaired) electrons. The summed E-state index contributed by atoms with van der Waals surface area (Å²) in [5.74, 6) is 0.477. The third-order valence-electron chi connectivity index (χ3n) is 3.93. The van der Waals surface area contributed by atoms with E-state index in [0.717, 1.165) is 6.42 Å². The van der Waals surface area contributed by atoms with Crippen LogP contribution >= 0.6 is 0 Å². The second-order valence-electron chi connectivity index (χ2n) is 6.11. The molecule has 1 amide bonds. The van der Waals surface area contributed by atoms with Gasteiger partial charge in [-0.2, -0.15) is 0 Å². The molecule has 0 saturated heterocycles. The Hall–Kier alpha value is -2.18. The molecule has 0 spiro atoms. The van der Waals surface area contributed by atoms with Gasteiger partial charge in [0.05, 0.1) is 12.2 Å². The SMILES string of the molecule is CCOCc1onc(C(=O)NCC(C)CC)c1CO.Cc1ccccc1. The Kier molecular flexibility index (Phi) is 10.3. The molecule has 1 unspecified atom stereocenters. The average Bonchev–Trinajstić information content (AvgIpc) is 3.08. The Balaban J connectivity index is 0.000000401. The van der Waals surface area contributed by atoms with Gasteiger partial charge in [-0.25, -0.2) is 0 Å². The van der Waals surface area contributed by atoms with E-state index in [-0.39, 0.29) is 24.8 Å². The summed E-state index contributed by atoms with van der Waals surface area (Å²) >= 11 is 0. The zero-order valence-corrected chi connectivity index (χ0v) is 16.1. The van der Waals surface area contributed by atoms with Crippen LogP contribution in [0.15, 0.2) is 34.9 Å². The molecule has 0 saturated carbocycles. The number of nitrogens with zero attached hydrogens (tertiary/aromatic N) is 1. The van der Waals surface area contributed by atoms with E-state index < -0.39 is 0 Å². The number of hydrogen-bond acceptors (Lipinski definition) is 5. The average molecular weight is 362 g/mol. The second kappa shape index (κ2) is 12.2. The molecule has 0 aliphatic carbocycles. The number of aliphatic hydroxyl groups is 1. The molecule has 6 nitrogen and oxygen atoms in total. The zero-order chi connectivity index (χ0) is 19.4. The first-order chi connectivity index (χ1) is 12.5. The van der Waals surface area contributed by atoms with E-state index >= 15 is 0 Å². The quantitative estimate of drug-likeness (QED) is 0.751. The summed E-state index contributed by atoms with van der Waals surface area (Å²) in [6, 6.07) is 10.3. The highest BCUT2D eigenvalue weighted by Crippen LogP contribution is 2.15. The first kappa shape index (κ1) is 21.9. The molecule has 144 valence electrons. The number of aryl methyl sites for hydroxylation is 1. The van der Waals surface area contributed by atoms with Crippen molar-refractivity contribution in [3.05, 3.63) is 52.9 Å². The molecule has 0 fully saturated rings. The predicted molar refractivity (Wildman–Crippen MR) is 101 cm³/mol. The van der Waals surface area contributed by atoms with Gasteiger partial charge in [-0.15, -0.1) is 0 Å². The zero-order valence-electron chi connectivity index (χ0n) is 16.1. The van der Waals surface area contributed by atoms with Crippen LogP contribution in [0.25, 0.3) is 0 Å². The first-order valence-electron chi connectivity index (χ1n) is 8.99. The highest BCUT2D eigenvalue weighted by molar-refractivity contribution is 5.93. The lowest BCUT2D eigenvalue weighted by atomic mass is 10.1. The van der Waals surface area contributed by atoms with Crippen molar-refractivity contribution in [2.45, 2.75) is 47.3 Å². The van der Waals surface area contributed by atoms with Gasteiger partial charge in [0.15, 0.2) is 11.5 Å². The van der Waals surface area contributed by atoms with Crippen LogP contribution in [0.1, 0.15) is 54.6 Å². The van der Waals surface area contributed by atoms with Gasteiger partial charge in [0.2, 0.25) is 0 Å². The van der Waals surface area contributed by atoms with E-state index in [4.69, 9.17) is 9.26 Å². The van der Waals surface area contributed by atoms with Crippen LogP contribution in [0, 0.1) is 12.8 Å². The van der Waals surface area contributed by atoms with Crippen LogP contribution in [-0.4, -0.2) is 29.3 Å². The van der Waals surface area contributed by atoms with E-state index in [9.17, 15) is 9.90 Å². The van der Waals surface area contributed by atoms with Gasteiger partial charge in [-0.05, 0) is 19.8 Å². The minimum Gasteiger partial charge on any atom is -0.391 e. The molecular formula is C20H30N2O4. The molecule has 2 N–H and O–H groups in total. The molecule has 1 atom stereocenters. The fraction of sp³-hybridized carbons (Fsp3) is 0.500. The standard InChI is InChI=1S/C13H22N2O4.C7H8/c1-4-9(3)6-14-13(17)12-10(7-16)11(19-15-12)8-18-5-2;1-7-5-3-2-4-6-7/h9,16H,4-8H2,1-3H3,(H,14,17);2-6H,1H3. The molecular weight excluding hydrogens is 332 g/mol. The van der Waals surface area contributed by atoms with Gasteiger partial charge < -0.3 is 19.7 Å². The summed E-state index contributed by atoms with van der Waals surface area (Å²) in [6.45, 7) is 9.07. The molecule has 1 aromatic carbocycles. The molecule has 0 aliphatic heterocycles. The summed E-state index contributed by atoms with van der Waals surface area (Å²) in [6.07, 6.45) is 0.988. The van der Waals surface area contributed by atoms with Crippen molar-refractivity contribution in [3.63, 3.8) is 0 Å². The fourth-order valence-electron chi connectivity index (χ4n) is 2.02. The smallest absolute Gasteiger partial charge is 0.273 e. The van der Waals surface area contributed by atoms with Crippen molar-refractivity contribution in [2.75, 3.05) is 13.2 Å². The second-order valence-corrected chi connectivity index (χ2v) is 6.11. The number of ether oxygens (including phenoxy) is 1. The maximum atomic E-state index is 11.9. The van der Waals surface area contributed by atoms with Crippen molar-refractivity contribution in [3.8, 4) is 0 Å². The summed E-state index contributed by atoms with van der Waals surface area (Å²) < 4.78 is 10.2. The lowest BCUT2D eigenvalue weighted by Gasteiger charge is -2.09. The van der Waals surface area contributed by atoms with Crippen molar-refractivity contribution in [1.82, 2.24) is 10.5 Å². The van der Waals surface area contributed by atoms with Crippen molar-refractivity contribution < 1.29 is 19.2 Å². The number of hydrogen-bond donors (Lipinski definition) is 2. The van der Waals surface area contributed by atoms with Crippen molar-refractivity contribution in [1.29, 1.82) is 0 Å². The van der Waals surface area contributed by atoms with E-state index in [0.29, 0.717) is 30.4 Å². The maximum absolute atomic E-state index is 11.9. The Morgan fingerprint density at radius 2 is 2.00 bits per heavy atom. The van der Waals surface area contributed by atoms with E-state index in [1.54, 1.807) is 0 Å². The number of aromatic nitrogens is 1. The van der Waals surface area contributed by atoms with Crippen LogP contribution in [-0.2, 0) is 18.0 Å². The molecule has 6 heteroatoms. The summed E-state index contributed by atoms with van der Waals surface area (Å²) in [4.78, 5) is 11.9. The van der Waals surface area contributed by atoms with Crippen LogP contribution in [0.4, 0.5) is 0 Å². The van der Waals surface area contributed by atoms with Gasteiger partial charge in [0.1, 0.15) is 6.61 Å². The molecule has 0 aliphatic rings. The van der Waals surface area contributed by atoms with E-state index in [1.165, 1.54) is 5.56 Å². The van der Waals surface area contributed by atoms with Gasteiger partial charge in [0, 0.05) is 13.2 Å². The van der Waals surface area contributed by atoms with Gasteiger partial charge in [0.25, 0.3) is 5.91 Å². The highest BCUT2D eigenvalue weighted by atomic mass is 16.5. The normalized spacial score (nSPS) is 11.4. The Morgan fingerprint density at radius 1 is 1.31 bits per heavy atom. The minimum absolute atomic E-state index is 0.139. The van der Waals surface area contributed by atoms with E-state index in [2.05, 4.69) is 43.4 Å². The lowest BCUT2D eigenvalue weighted by molar-refractivity contribution is 0.0934. The van der Waals surface area contributed by atoms with Crippen LogP contribution in [0.5, 0.6) is 0 Å². The topological polar surface area (TPSA) is 84.6 Å². The number of aliphatic hydroxyl groups excluding tert-OH is 1. The number of rotatable bonds is 8. The summed E-state index contributed by atoms with van der Waals surface area (Å²) in [5.41, 5.74) is 1.86. The Morgan fingerprint density at radius 3 is 2.50 bits per heavy atom. The molecule has 26 heavy (non-hydrogen) atoms. The number of carbonyl (C=O) groups excluding carboxylic acids is 1. The highest BCUT2D eigenvalue weighted by Gasteiger charge is 2.21. The third kappa shape index (κ3) is 7.37. The van der Waals surface area contributed by atoms with E-state index in [1.807, 2.05) is 25.1 Å². The van der Waals surface area contributed by atoms with Gasteiger partial charge >= 0.3 is 0 Å². The molecule has 0 bridgehead atoms. The minimum atomic E-state index is -0.323. The van der Waals surface area contributed by atoms with Crippen molar-refractivity contribution in [2.24, 2.45) is 5.92 Å². The molecule has 1 heterocycles. The summed E-state index contributed by atoms with van der Waals surface area (Å²) in [5, 5.41) is 15.8. The predicted octanol–water partition coefficient (Wildman–Crippen LogP) is 3.47. The lowest BCUT2D eigenvalue weighted by Crippen LogP contribution is -2.29. The van der Waals surface area contributed by atoms with Gasteiger partial charge in [-0.3, -0.25) is 4.79 Å². The fourth-order valence-corrected chi connectivity index (χ4v) is 2.02. The van der Waals surface area contributed by atoms with Crippen LogP contribution < -0.4 is 5.32 Å². The Bertz CT molecular complexity index is 641. The Labute approximate surface area is 155 Å². The summed E-state index contributed by atoms with van der Waals surface area (Å²) in [7, 11) is 0. The first-order valence-corrected chi connectivity index (χ1v) is 8.99. The van der Waals surface area contributed by atoms with Crippen LogP contribution in [0.3, 0.4) is 0 Å². The van der Waals surface area contributed by atoms with Gasteiger partial charge in [-0.1, -0.05) is 61.3 Å². The molecule has 1 aromatic heterocycles. The monoisotopic (exact) mass is 362 g/mol.